The summed E-state index contributed by atoms with van der Waals surface area (Å²) >= 11 is 0. The zero-order chi connectivity index (χ0) is 13.1. The molecule has 0 aliphatic rings. The van der Waals surface area contributed by atoms with Crippen LogP contribution in [0.5, 0.6) is 0 Å². The lowest BCUT2D eigenvalue weighted by Gasteiger charge is -2.11. The monoisotopic (exact) mass is 246 g/mol. The molecule has 0 aliphatic carbocycles. The highest BCUT2D eigenvalue weighted by Crippen LogP contribution is 2.23. The predicted octanol–water partition coefficient (Wildman–Crippen LogP) is 2.97. The Bertz CT molecular complexity index is 599. The van der Waals surface area contributed by atoms with Crippen molar-refractivity contribution in [3.8, 4) is 0 Å². The zero-order valence-corrected chi connectivity index (χ0v) is 9.64. The summed E-state index contributed by atoms with van der Waals surface area (Å²) < 4.78 is 13.1. The molecular formula is C13H11FN2O2. The van der Waals surface area contributed by atoms with Crippen LogP contribution in [0.4, 0.5) is 15.8 Å². The van der Waals surface area contributed by atoms with E-state index < -0.39 is 5.97 Å². The van der Waals surface area contributed by atoms with Crippen molar-refractivity contribution < 1.29 is 14.3 Å². The first kappa shape index (κ1) is 12.0. The van der Waals surface area contributed by atoms with E-state index in [0.717, 1.165) is 5.56 Å². The third kappa shape index (κ3) is 2.45. The molecule has 0 fully saturated rings. The third-order valence-electron chi connectivity index (χ3n) is 2.52. The average molecular weight is 246 g/mol. The number of hydrogen-bond acceptors (Lipinski definition) is 3. The quantitative estimate of drug-likeness (QED) is 0.874. The molecule has 0 saturated carbocycles. The number of rotatable bonds is 3. The SMILES string of the molecule is Cc1ccc(F)cc1Nc1cnccc1C(=O)O. The summed E-state index contributed by atoms with van der Waals surface area (Å²) in [7, 11) is 0. The van der Waals surface area contributed by atoms with Crippen molar-refractivity contribution in [2.75, 3.05) is 5.32 Å². The molecule has 92 valence electrons. The molecule has 5 heteroatoms. The summed E-state index contributed by atoms with van der Waals surface area (Å²) in [5.74, 6) is -1.45. The van der Waals surface area contributed by atoms with Crippen LogP contribution < -0.4 is 5.32 Å². The van der Waals surface area contributed by atoms with Crippen LogP contribution in [-0.4, -0.2) is 16.1 Å². The van der Waals surface area contributed by atoms with Gasteiger partial charge in [0.2, 0.25) is 0 Å². The van der Waals surface area contributed by atoms with Crippen molar-refractivity contribution in [1.82, 2.24) is 4.98 Å². The van der Waals surface area contributed by atoms with Gasteiger partial charge in [0.25, 0.3) is 0 Å². The average Bonchev–Trinajstić information content (AvgIpc) is 2.34. The van der Waals surface area contributed by atoms with Gasteiger partial charge in [0.1, 0.15) is 5.82 Å². The van der Waals surface area contributed by atoms with Gasteiger partial charge in [0.15, 0.2) is 0 Å². The molecule has 1 aromatic heterocycles. The lowest BCUT2D eigenvalue weighted by Crippen LogP contribution is -2.04. The number of benzene rings is 1. The van der Waals surface area contributed by atoms with Crippen molar-refractivity contribution in [2.24, 2.45) is 0 Å². The molecule has 0 aliphatic heterocycles. The lowest BCUT2D eigenvalue weighted by atomic mass is 10.1. The number of aromatic carboxylic acids is 1. The number of halogens is 1. The third-order valence-corrected chi connectivity index (χ3v) is 2.52. The minimum atomic E-state index is -1.06. The Morgan fingerprint density at radius 1 is 1.33 bits per heavy atom. The van der Waals surface area contributed by atoms with Gasteiger partial charge >= 0.3 is 5.97 Å². The molecule has 0 spiro atoms. The first-order valence-corrected chi connectivity index (χ1v) is 5.28. The van der Waals surface area contributed by atoms with Crippen LogP contribution in [0.2, 0.25) is 0 Å². The van der Waals surface area contributed by atoms with Crippen LogP contribution in [0.25, 0.3) is 0 Å². The Labute approximate surface area is 103 Å². The normalized spacial score (nSPS) is 10.1. The second-order valence-corrected chi connectivity index (χ2v) is 3.81. The van der Waals surface area contributed by atoms with Crippen molar-refractivity contribution in [2.45, 2.75) is 6.92 Å². The number of anilines is 2. The Morgan fingerprint density at radius 2 is 2.11 bits per heavy atom. The van der Waals surface area contributed by atoms with Crippen LogP contribution >= 0.6 is 0 Å². The molecular weight excluding hydrogens is 235 g/mol. The molecule has 0 bridgehead atoms. The van der Waals surface area contributed by atoms with Crippen molar-refractivity contribution >= 4 is 17.3 Å². The van der Waals surface area contributed by atoms with Gasteiger partial charge in [-0.1, -0.05) is 6.07 Å². The van der Waals surface area contributed by atoms with Gasteiger partial charge in [-0.15, -0.1) is 0 Å². The molecule has 1 heterocycles. The highest BCUT2D eigenvalue weighted by Gasteiger charge is 2.10. The van der Waals surface area contributed by atoms with Gasteiger partial charge in [-0.05, 0) is 30.7 Å². The smallest absolute Gasteiger partial charge is 0.337 e. The lowest BCUT2D eigenvalue weighted by molar-refractivity contribution is 0.0698. The number of aryl methyl sites for hydroxylation is 1. The Balaban J connectivity index is 2.40. The van der Waals surface area contributed by atoms with E-state index in [1.165, 1.54) is 30.6 Å². The molecule has 0 unspecified atom stereocenters. The highest BCUT2D eigenvalue weighted by molar-refractivity contribution is 5.94. The van der Waals surface area contributed by atoms with Crippen LogP contribution in [0.3, 0.4) is 0 Å². The number of aromatic nitrogens is 1. The molecule has 1 aromatic carbocycles. The second-order valence-electron chi connectivity index (χ2n) is 3.81. The maximum atomic E-state index is 13.1. The van der Waals surface area contributed by atoms with Crippen LogP contribution in [0.1, 0.15) is 15.9 Å². The first-order valence-electron chi connectivity index (χ1n) is 5.28. The van der Waals surface area contributed by atoms with E-state index in [2.05, 4.69) is 10.3 Å². The van der Waals surface area contributed by atoms with E-state index in [9.17, 15) is 9.18 Å². The van der Waals surface area contributed by atoms with Gasteiger partial charge in [-0.2, -0.15) is 0 Å². The van der Waals surface area contributed by atoms with Crippen LogP contribution in [0.15, 0.2) is 36.7 Å². The van der Waals surface area contributed by atoms with Gasteiger partial charge in [0, 0.05) is 11.9 Å². The fraction of sp³-hybridized carbons (Fsp3) is 0.0769. The summed E-state index contributed by atoms with van der Waals surface area (Å²) in [6.45, 7) is 1.80. The highest BCUT2D eigenvalue weighted by atomic mass is 19.1. The topological polar surface area (TPSA) is 62.2 Å². The van der Waals surface area contributed by atoms with Gasteiger partial charge < -0.3 is 10.4 Å². The van der Waals surface area contributed by atoms with E-state index in [-0.39, 0.29) is 11.4 Å². The summed E-state index contributed by atoms with van der Waals surface area (Å²) in [5, 5.41) is 11.9. The number of carboxylic acid groups (broad SMARTS) is 1. The molecule has 0 amide bonds. The van der Waals surface area contributed by atoms with Crippen LogP contribution in [0, 0.1) is 12.7 Å². The maximum absolute atomic E-state index is 13.1. The van der Waals surface area contributed by atoms with E-state index in [1.54, 1.807) is 13.0 Å². The number of nitrogens with one attached hydrogen (secondary N) is 1. The Kier molecular flexibility index (Phi) is 3.23. The largest absolute Gasteiger partial charge is 0.478 e. The van der Waals surface area contributed by atoms with Crippen molar-refractivity contribution in [1.29, 1.82) is 0 Å². The van der Waals surface area contributed by atoms with Gasteiger partial charge in [0.05, 0.1) is 17.4 Å². The summed E-state index contributed by atoms with van der Waals surface area (Å²) in [5.41, 5.74) is 1.76. The maximum Gasteiger partial charge on any atom is 0.337 e. The number of hydrogen-bond donors (Lipinski definition) is 2. The molecule has 4 nitrogen and oxygen atoms in total. The molecule has 0 atom stereocenters. The molecule has 2 rings (SSSR count). The molecule has 2 aromatic rings. The molecule has 18 heavy (non-hydrogen) atoms. The molecule has 0 radical (unpaired) electrons. The number of carboxylic acids is 1. The Morgan fingerprint density at radius 3 is 2.83 bits per heavy atom. The molecule has 2 N–H and O–H groups in total. The summed E-state index contributed by atoms with van der Waals surface area (Å²) in [6, 6.07) is 5.67. The minimum absolute atomic E-state index is 0.0914. The fourth-order valence-corrected chi connectivity index (χ4v) is 1.55. The van der Waals surface area contributed by atoms with E-state index in [1.807, 2.05) is 0 Å². The van der Waals surface area contributed by atoms with E-state index in [4.69, 9.17) is 5.11 Å². The fourth-order valence-electron chi connectivity index (χ4n) is 1.55. The standard InChI is InChI=1S/C13H11FN2O2/c1-8-2-3-9(14)6-11(8)16-12-7-15-5-4-10(12)13(17)18/h2-7,16H,1H3,(H,17,18). The number of pyridine rings is 1. The van der Waals surface area contributed by atoms with Crippen molar-refractivity contribution in [3.63, 3.8) is 0 Å². The van der Waals surface area contributed by atoms with Gasteiger partial charge in [-0.25, -0.2) is 9.18 Å². The number of carbonyl (C=O) groups is 1. The van der Waals surface area contributed by atoms with E-state index >= 15 is 0 Å². The van der Waals surface area contributed by atoms with Gasteiger partial charge in [-0.3, -0.25) is 4.98 Å². The van der Waals surface area contributed by atoms with E-state index in [0.29, 0.717) is 11.4 Å². The van der Waals surface area contributed by atoms with Crippen molar-refractivity contribution in [3.05, 3.63) is 53.6 Å². The minimum Gasteiger partial charge on any atom is -0.478 e. The Hall–Kier alpha value is -2.43. The summed E-state index contributed by atoms with van der Waals surface area (Å²) in [6.07, 6.45) is 2.79. The second kappa shape index (κ2) is 4.83. The predicted molar refractivity (Wildman–Crippen MR) is 65.6 cm³/mol. The summed E-state index contributed by atoms with van der Waals surface area (Å²) in [4.78, 5) is 14.9. The zero-order valence-electron chi connectivity index (χ0n) is 9.64. The van der Waals surface area contributed by atoms with Crippen LogP contribution in [-0.2, 0) is 0 Å². The number of nitrogens with zero attached hydrogens (tertiary/aromatic N) is 1. The molecule has 0 saturated heterocycles. The first-order chi connectivity index (χ1) is 8.58.